The summed E-state index contributed by atoms with van der Waals surface area (Å²) in [5, 5.41) is 1.20. The molecule has 9 heteroatoms. The summed E-state index contributed by atoms with van der Waals surface area (Å²) >= 11 is 15.6. The van der Waals surface area contributed by atoms with Gasteiger partial charge in [0.15, 0.2) is 0 Å². The Hall–Kier alpha value is -0.670. The summed E-state index contributed by atoms with van der Waals surface area (Å²) in [5.41, 5.74) is 1.57. The third-order valence-electron chi connectivity index (χ3n) is 4.10. The highest BCUT2D eigenvalue weighted by atomic mass is 79.9. The number of rotatable bonds is 6. The molecule has 0 spiro atoms. The van der Waals surface area contributed by atoms with Gasteiger partial charge in [-0.25, -0.2) is 0 Å². The zero-order chi connectivity index (χ0) is 19.7. The molecular weight excluding hydrogens is 479 g/mol. The summed E-state index contributed by atoms with van der Waals surface area (Å²) in [6, 6.07) is 11.4. The molecule has 0 aliphatic carbocycles. The van der Waals surface area contributed by atoms with Gasteiger partial charge in [-0.3, -0.25) is 4.18 Å². The van der Waals surface area contributed by atoms with E-state index >= 15 is 0 Å². The molecule has 0 bridgehead atoms. The second-order valence-electron chi connectivity index (χ2n) is 6.11. The van der Waals surface area contributed by atoms with Crippen molar-refractivity contribution in [1.29, 1.82) is 0 Å². The van der Waals surface area contributed by atoms with Gasteiger partial charge in [0.2, 0.25) is 5.79 Å². The smallest absolute Gasteiger partial charge is 0.297 e. The summed E-state index contributed by atoms with van der Waals surface area (Å²) in [7, 11) is -3.88. The van der Waals surface area contributed by atoms with Crippen molar-refractivity contribution >= 4 is 49.2 Å². The Labute approximate surface area is 176 Å². The van der Waals surface area contributed by atoms with Gasteiger partial charge in [-0.1, -0.05) is 62.9 Å². The molecule has 1 aliphatic rings. The number of ether oxygens (including phenoxy) is 2. The topological polar surface area (TPSA) is 61.8 Å². The van der Waals surface area contributed by atoms with Gasteiger partial charge in [-0.15, -0.1) is 0 Å². The molecule has 2 atom stereocenters. The van der Waals surface area contributed by atoms with Crippen molar-refractivity contribution in [2.24, 2.45) is 0 Å². The average molecular weight is 496 g/mol. The van der Waals surface area contributed by atoms with E-state index in [9.17, 15) is 8.42 Å². The highest BCUT2D eigenvalue weighted by Crippen LogP contribution is 2.40. The molecular formula is C18H17BrCl2O5S. The molecule has 1 fully saturated rings. The summed E-state index contributed by atoms with van der Waals surface area (Å²) in [6.07, 6.45) is -0.575. The molecule has 27 heavy (non-hydrogen) atoms. The Morgan fingerprint density at radius 1 is 1.22 bits per heavy atom. The zero-order valence-electron chi connectivity index (χ0n) is 14.3. The molecule has 1 saturated heterocycles. The van der Waals surface area contributed by atoms with Crippen molar-refractivity contribution in [1.82, 2.24) is 0 Å². The van der Waals surface area contributed by atoms with Crippen LogP contribution < -0.4 is 0 Å². The Kier molecular flexibility index (Phi) is 6.52. The number of alkyl halides is 1. The predicted octanol–water partition coefficient (Wildman–Crippen LogP) is 4.67. The number of benzene rings is 2. The van der Waals surface area contributed by atoms with Crippen LogP contribution in [0.2, 0.25) is 10.0 Å². The fourth-order valence-electron chi connectivity index (χ4n) is 2.67. The first-order chi connectivity index (χ1) is 12.8. The summed E-state index contributed by atoms with van der Waals surface area (Å²) in [6.45, 7) is 1.87. The summed E-state index contributed by atoms with van der Waals surface area (Å²) in [5.74, 6) is -1.14. The van der Waals surface area contributed by atoms with Crippen molar-refractivity contribution in [3.05, 3.63) is 63.6 Å². The maximum absolute atomic E-state index is 12.3. The number of hydrogen-bond acceptors (Lipinski definition) is 5. The van der Waals surface area contributed by atoms with E-state index in [4.69, 9.17) is 36.9 Å². The SMILES string of the molecule is Cc1ccc(S(=O)(=O)OCC2COC(CBr)(c3ccc(Cl)cc3Cl)O2)cc1. The number of hydrogen-bond donors (Lipinski definition) is 0. The predicted molar refractivity (Wildman–Crippen MR) is 107 cm³/mol. The van der Waals surface area contributed by atoms with Crippen molar-refractivity contribution in [2.45, 2.75) is 23.7 Å². The van der Waals surface area contributed by atoms with E-state index in [2.05, 4.69) is 15.9 Å². The van der Waals surface area contributed by atoms with Crippen LogP contribution in [0.25, 0.3) is 0 Å². The lowest BCUT2D eigenvalue weighted by Gasteiger charge is -2.27. The lowest BCUT2D eigenvalue weighted by Crippen LogP contribution is -2.31. The molecule has 1 heterocycles. The van der Waals surface area contributed by atoms with Crippen LogP contribution in [0.3, 0.4) is 0 Å². The third-order valence-corrected chi connectivity index (χ3v) is 6.68. The summed E-state index contributed by atoms with van der Waals surface area (Å²) in [4.78, 5) is 0.0968. The molecule has 3 rings (SSSR count). The quantitative estimate of drug-likeness (QED) is 0.430. The van der Waals surface area contributed by atoms with E-state index in [-0.39, 0.29) is 18.1 Å². The van der Waals surface area contributed by atoms with E-state index < -0.39 is 22.0 Å². The minimum atomic E-state index is -3.88. The number of halogens is 3. The minimum absolute atomic E-state index is 0.0968. The van der Waals surface area contributed by atoms with Gasteiger partial charge in [0.05, 0.1) is 28.5 Å². The van der Waals surface area contributed by atoms with E-state index in [1.54, 1.807) is 30.3 Å². The largest absolute Gasteiger partial charge is 0.342 e. The third kappa shape index (κ3) is 4.67. The Bertz CT molecular complexity index is 920. The maximum Gasteiger partial charge on any atom is 0.297 e. The minimum Gasteiger partial charge on any atom is -0.342 e. The van der Waals surface area contributed by atoms with Gasteiger partial charge >= 0.3 is 0 Å². The molecule has 1 aliphatic heterocycles. The zero-order valence-corrected chi connectivity index (χ0v) is 18.2. The van der Waals surface area contributed by atoms with Crippen LogP contribution in [0.4, 0.5) is 0 Å². The van der Waals surface area contributed by atoms with Crippen LogP contribution in [0, 0.1) is 6.92 Å². The van der Waals surface area contributed by atoms with E-state index in [0.29, 0.717) is 20.9 Å². The fraction of sp³-hybridized carbons (Fsp3) is 0.333. The van der Waals surface area contributed by atoms with Crippen LogP contribution in [0.15, 0.2) is 47.4 Å². The Morgan fingerprint density at radius 2 is 1.93 bits per heavy atom. The standard InChI is InChI=1S/C18H17BrCl2O5S/c1-12-2-5-15(6-3-12)27(22,23)25-10-14-9-24-18(11-19,26-14)16-7-4-13(20)8-17(16)21/h2-8,14H,9-11H2,1H3. The van der Waals surface area contributed by atoms with Crippen molar-refractivity contribution in [3.63, 3.8) is 0 Å². The molecule has 0 saturated carbocycles. The van der Waals surface area contributed by atoms with Gasteiger partial charge in [0, 0.05) is 10.6 Å². The van der Waals surface area contributed by atoms with Gasteiger partial charge in [0.1, 0.15) is 6.10 Å². The van der Waals surface area contributed by atoms with Gasteiger partial charge < -0.3 is 9.47 Å². The normalized spacial score (nSPS) is 22.9. The molecule has 146 valence electrons. The van der Waals surface area contributed by atoms with Crippen LogP contribution in [-0.2, 0) is 29.6 Å². The highest BCUT2D eigenvalue weighted by Gasteiger charge is 2.44. The first-order valence-electron chi connectivity index (χ1n) is 8.05. The number of aryl methyl sites for hydroxylation is 1. The molecule has 2 aromatic rings. The molecule has 2 aromatic carbocycles. The maximum atomic E-state index is 12.3. The van der Waals surface area contributed by atoms with Crippen molar-refractivity contribution in [2.75, 3.05) is 18.5 Å². The monoisotopic (exact) mass is 494 g/mol. The molecule has 5 nitrogen and oxygen atoms in total. The first-order valence-corrected chi connectivity index (χ1v) is 11.3. The van der Waals surface area contributed by atoms with Gasteiger partial charge in [0.25, 0.3) is 10.1 Å². The lowest BCUT2D eigenvalue weighted by atomic mass is 10.1. The molecule has 0 radical (unpaired) electrons. The Balaban J connectivity index is 1.70. The highest BCUT2D eigenvalue weighted by molar-refractivity contribution is 9.09. The lowest BCUT2D eigenvalue weighted by molar-refractivity contribution is -0.159. The van der Waals surface area contributed by atoms with E-state index in [0.717, 1.165) is 5.56 Å². The fourth-order valence-corrected chi connectivity index (χ4v) is 4.75. The van der Waals surface area contributed by atoms with Crippen LogP contribution in [0.5, 0.6) is 0 Å². The first kappa shape index (κ1) is 21.0. The van der Waals surface area contributed by atoms with Crippen molar-refractivity contribution in [3.8, 4) is 0 Å². The van der Waals surface area contributed by atoms with Gasteiger partial charge in [-0.2, -0.15) is 8.42 Å². The molecule has 0 aromatic heterocycles. The van der Waals surface area contributed by atoms with E-state index in [1.165, 1.54) is 12.1 Å². The second-order valence-corrected chi connectivity index (χ2v) is 9.13. The van der Waals surface area contributed by atoms with Crippen molar-refractivity contribution < 1.29 is 22.1 Å². The Morgan fingerprint density at radius 3 is 2.56 bits per heavy atom. The molecule has 0 N–H and O–H groups in total. The van der Waals surface area contributed by atoms with Crippen LogP contribution >= 0.6 is 39.1 Å². The van der Waals surface area contributed by atoms with Crippen LogP contribution in [-0.4, -0.2) is 33.1 Å². The van der Waals surface area contributed by atoms with Gasteiger partial charge in [-0.05, 0) is 31.2 Å². The molecule has 2 unspecified atom stereocenters. The summed E-state index contributed by atoms with van der Waals surface area (Å²) < 4.78 is 41.6. The second kappa shape index (κ2) is 8.37. The van der Waals surface area contributed by atoms with Crippen LogP contribution in [0.1, 0.15) is 11.1 Å². The average Bonchev–Trinajstić information content (AvgIpc) is 3.05. The van der Waals surface area contributed by atoms with E-state index in [1.807, 2.05) is 6.92 Å². The molecule has 0 amide bonds.